The van der Waals surface area contributed by atoms with E-state index in [1.165, 1.54) is 0 Å². The molecule has 1 rings (SSSR count). The van der Waals surface area contributed by atoms with E-state index in [9.17, 15) is 4.79 Å². The maximum Gasteiger partial charge on any atom is 0.152 e. The van der Waals surface area contributed by atoms with E-state index >= 15 is 0 Å². The highest BCUT2D eigenvalue weighted by Crippen LogP contribution is 2.31. The first-order valence-corrected chi connectivity index (χ1v) is 4.05. The molecule has 1 atom stereocenters. The van der Waals surface area contributed by atoms with Gasteiger partial charge in [0, 0.05) is 5.92 Å². The van der Waals surface area contributed by atoms with Gasteiger partial charge in [-0.15, -0.1) is 0 Å². The first-order valence-electron chi connectivity index (χ1n) is 4.05. The summed E-state index contributed by atoms with van der Waals surface area (Å²) in [6.07, 6.45) is 4.03. The first-order chi connectivity index (χ1) is 4.75. The van der Waals surface area contributed by atoms with Gasteiger partial charge in [-0.05, 0) is 19.3 Å². The molecule has 0 radical (unpaired) electrons. The lowest BCUT2D eigenvalue weighted by molar-refractivity contribution is -0.121. The zero-order valence-electron chi connectivity index (χ0n) is 6.47. The van der Waals surface area contributed by atoms with Crippen LogP contribution in [0.3, 0.4) is 0 Å². The highest BCUT2D eigenvalue weighted by Gasteiger charge is 2.32. The molecule has 2 N–H and O–H groups in total. The van der Waals surface area contributed by atoms with Crippen molar-refractivity contribution in [3.63, 3.8) is 0 Å². The lowest BCUT2D eigenvalue weighted by Crippen LogP contribution is -2.31. The summed E-state index contributed by atoms with van der Waals surface area (Å²) in [5.41, 5.74) is 5.62. The van der Waals surface area contributed by atoms with Crippen LogP contribution in [0.4, 0.5) is 0 Å². The van der Waals surface area contributed by atoms with E-state index in [0.29, 0.717) is 11.7 Å². The quantitative estimate of drug-likeness (QED) is 0.637. The molecular formula is C8H15NO. The van der Waals surface area contributed by atoms with Crippen LogP contribution in [0.2, 0.25) is 0 Å². The van der Waals surface area contributed by atoms with Crippen molar-refractivity contribution in [2.45, 2.75) is 38.6 Å². The topological polar surface area (TPSA) is 43.1 Å². The van der Waals surface area contributed by atoms with E-state index in [-0.39, 0.29) is 6.04 Å². The van der Waals surface area contributed by atoms with Crippen LogP contribution in [-0.2, 0) is 4.79 Å². The summed E-state index contributed by atoms with van der Waals surface area (Å²) in [5, 5.41) is 0. The van der Waals surface area contributed by atoms with Gasteiger partial charge in [-0.25, -0.2) is 0 Å². The van der Waals surface area contributed by atoms with Crippen LogP contribution in [0.25, 0.3) is 0 Å². The van der Waals surface area contributed by atoms with Gasteiger partial charge in [0.05, 0.1) is 6.04 Å². The number of carbonyl (C=O) groups is 1. The van der Waals surface area contributed by atoms with Gasteiger partial charge in [-0.2, -0.15) is 0 Å². The van der Waals surface area contributed by atoms with Crippen LogP contribution in [0, 0.1) is 5.92 Å². The Morgan fingerprint density at radius 2 is 2.30 bits per heavy atom. The van der Waals surface area contributed by atoms with Gasteiger partial charge in [-0.1, -0.05) is 13.3 Å². The fourth-order valence-corrected chi connectivity index (χ4v) is 1.12. The molecule has 0 saturated heterocycles. The van der Waals surface area contributed by atoms with Crippen LogP contribution in [0.1, 0.15) is 32.6 Å². The third kappa shape index (κ3) is 1.81. The molecule has 0 spiro atoms. The average molecular weight is 141 g/mol. The summed E-state index contributed by atoms with van der Waals surface area (Å²) < 4.78 is 0. The van der Waals surface area contributed by atoms with Crippen molar-refractivity contribution < 1.29 is 4.79 Å². The molecule has 0 aromatic carbocycles. The average Bonchev–Trinajstić information content (AvgIpc) is 2.68. The number of ketones is 1. The van der Waals surface area contributed by atoms with Crippen molar-refractivity contribution in [1.29, 1.82) is 0 Å². The Bertz CT molecular complexity index is 129. The minimum atomic E-state index is -0.169. The number of hydrogen-bond acceptors (Lipinski definition) is 2. The number of hydrogen-bond donors (Lipinski definition) is 1. The highest BCUT2D eigenvalue weighted by atomic mass is 16.1. The predicted molar refractivity (Wildman–Crippen MR) is 40.6 cm³/mol. The van der Waals surface area contributed by atoms with Crippen LogP contribution in [-0.4, -0.2) is 11.8 Å². The summed E-state index contributed by atoms with van der Waals surface area (Å²) in [5.74, 6) is 0.628. The van der Waals surface area contributed by atoms with Crippen molar-refractivity contribution in [1.82, 2.24) is 0 Å². The van der Waals surface area contributed by atoms with E-state index in [1.54, 1.807) is 0 Å². The molecule has 0 bridgehead atoms. The molecule has 10 heavy (non-hydrogen) atoms. The summed E-state index contributed by atoms with van der Waals surface area (Å²) in [4.78, 5) is 11.2. The Labute approximate surface area is 61.8 Å². The smallest absolute Gasteiger partial charge is 0.152 e. The van der Waals surface area contributed by atoms with Gasteiger partial charge in [-0.3, -0.25) is 4.79 Å². The Kier molecular flexibility index (Phi) is 2.44. The maximum absolute atomic E-state index is 11.2. The van der Waals surface area contributed by atoms with Crippen LogP contribution in [0.15, 0.2) is 0 Å². The van der Waals surface area contributed by atoms with Gasteiger partial charge in [0.15, 0.2) is 5.78 Å². The largest absolute Gasteiger partial charge is 0.321 e. The normalized spacial score (nSPS) is 20.6. The predicted octanol–water partition coefficient (Wildman–Crippen LogP) is 1.09. The molecule has 1 aliphatic carbocycles. The number of rotatable bonds is 4. The maximum atomic E-state index is 11.2. The Morgan fingerprint density at radius 1 is 1.70 bits per heavy atom. The molecular weight excluding hydrogens is 126 g/mol. The van der Waals surface area contributed by atoms with Gasteiger partial charge in [0.1, 0.15) is 0 Å². The van der Waals surface area contributed by atoms with Crippen molar-refractivity contribution in [2.24, 2.45) is 11.7 Å². The van der Waals surface area contributed by atoms with Gasteiger partial charge in [0.2, 0.25) is 0 Å². The standard InChI is InChI=1S/C8H15NO/c1-2-3-7(9)8(10)6-4-5-6/h6-7H,2-5,9H2,1H3/t7-/m0/s1. The summed E-state index contributed by atoms with van der Waals surface area (Å²) in [6, 6.07) is -0.169. The lowest BCUT2D eigenvalue weighted by atomic mass is 10.1. The third-order valence-corrected chi connectivity index (χ3v) is 1.94. The second-order valence-electron chi connectivity index (χ2n) is 3.07. The van der Waals surface area contributed by atoms with E-state index in [1.807, 2.05) is 0 Å². The van der Waals surface area contributed by atoms with Crippen LogP contribution >= 0.6 is 0 Å². The molecule has 1 saturated carbocycles. The molecule has 0 amide bonds. The van der Waals surface area contributed by atoms with E-state index in [0.717, 1.165) is 25.7 Å². The zero-order chi connectivity index (χ0) is 7.56. The molecule has 0 aliphatic heterocycles. The fraction of sp³-hybridized carbons (Fsp3) is 0.875. The monoisotopic (exact) mass is 141 g/mol. The second kappa shape index (κ2) is 3.15. The van der Waals surface area contributed by atoms with Gasteiger partial charge >= 0.3 is 0 Å². The SMILES string of the molecule is CCC[C@H](N)C(=O)C1CC1. The van der Waals surface area contributed by atoms with Crippen LogP contribution in [0.5, 0.6) is 0 Å². The van der Waals surface area contributed by atoms with E-state index in [4.69, 9.17) is 5.73 Å². The molecule has 2 heteroatoms. The molecule has 0 aromatic heterocycles. The fourth-order valence-electron chi connectivity index (χ4n) is 1.12. The number of nitrogens with two attached hydrogens (primary N) is 1. The molecule has 2 nitrogen and oxygen atoms in total. The Balaban J connectivity index is 2.24. The second-order valence-corrected chi connectivity index (χ2v) is 3.07. The number of carbonyl (C=O) groups excluding carboxylic acids is 1. The van der Waals surface area contributed by atoms with Crippen LogP contribution < -0.4 is 5.73 Å². The van der Waals surface area contributed by atoms with Crippen molar-refractivity contribution in [2.75, 3.05) is 0 Å². The molecule has 0 unspecified atom stereocenters. The van der Waals surface area contributed by atoms with Gasteiger partial charge < -0.3 is 5.73 Å². The highest BCUT2D eigenvalue weighted by molar-refractivity contribution is 5.87. The lowest BCUT2D eigenvalue weighted by Gasteiger charge is -2.06. The summed E-state index contributed by atoms with van der Waals surface area (Å²) >= 11 is 0. The van der Waals surface area contributed by atoms with Crippen molar-refractivity contribution in [3.8, 4) is 0 Å². The molecule has 0 heterocycles. The van der Waals surface area contributed by atoms with Crippen molar-refractivity contribution in [3.05, 3.63) is 0 Å². The number of Topliss-reactive ketones (excluding diaryl/α,β-unsaturated/α-hetero) is 1. The minimum Gasteiger partial charge on any atom is -0.321 e. The first kappa shape index (κ1) is 7.73. The Morgan fingerprint density at radius 3 is 2.70 bits per heavy atom. The Hall–Kier alpha value is -0.370. The van der Waals surface area contributed by atoms with Gasteiger partial charge in [0.25, 0.3) is 0 Å². The molecule has 1 aliphatic rings. The summed E-state index contributed by atoms with van der Waals surface area (Å²) in [6.45, 7) is 2.06. The molecule has 0 aromatic rings. The molecule has 58 valence electrons. The van der Waals surface area contributed by atoms with E-state index < -0.39 is 0 Å². The molecule has 1 fully saturated rings. The van der Waals surface area contributed by atoms with Crippen molar-refractivity contribution >= 4 is 5.78 Å². The zero-order valence-corrected chi connectivity index (χ0v) is 6.47. The summed E-state index contributed by atoms with van der Waals surface area (Å²) in [7, 11) is 0. The van der Waals surface area contributed by atoms with E-state index in [2.05, 4.69) is 6.92 Å². The third-order valence-electron chi connectivity index (χ3n) is 1.94. The minimum absolute atomic E-state index is 0.169.